The van der Waals surface area contributed by atoms with E-state index in [1.807, 2.05) is 0 Å². The summed E-state index contributed by atoms with van der Waals surface area (Å²) in [4.78, 5) is 10.1. The number of para-hydroxylation sites is 1. The highest BCUT2D eigenvalue weighted by Crippen LogP contribution is 2.53. The molecule has 0 saturated heterocycles. The Morgan fingerprint density at radius 3 is 2.11 bits per heavy atom. The average Bonchev–Trinajstić information content (AvgIpc) is 2.98. The third kappa shape index (κ3) is 8.41. The Kier molecular flexibility index (Phi) is 12.0. The molecular weight excluding hydrogens is 656 g/mol. The highest BCUT2D eigenvalue weighted by Gasteiger charge is 2.73. The van der Waals surface area contributed by atoms with Gasteiger partial charge < -0.3 is 15.2 Å². The molecule has 3 aromatic rings. The molecule has 2 atom stereocenters. The predicted molar refractivity (Wildman–Crippen MR) is 162 cm³/mol. The Labute approximate surface area is 268 Å². The van der Waals surface area contributed by atoms with Crippen LogP contribution in [0.2, 0.25) is 0 Å². The zero-order valence-electron chi connectivity index (χ0n) is 25.7. The molecule has 3 rings (SSSR count). The normalized spacial score (nSPS) is 14.2. The molecular formula is C31H35F6N3O6S. The van der Waals surface area contributed by atoms with Gasteiger partial charge in [-0.25, -0.2) is 8.42 Å². The highest BCUT2D eigenvalue weighted by atomic mass is 32.2. The second-order valence-electron chi connectivity index (χ2n) is 11.0. The molecule has 16 heteroatoms. The Balaban J connectivity index is 2.01. The second-order valence-corrected chi connectivity index (χ2v) is 12.8. The van der Waals surface area contributed by atoms with Gasteiger partial charge in [0, 0.05) is 36.4 Å². The van der Waals surface area contributed by atoms with Crippen LogP contribution in [0.3, 0.4) is 0 Å². The van der Waals surface area contributed by atoms with E-state index in [0.29, 0.717) is 12.5 Å². The van der Waals surface area contributed by atoms with E-state index >= 15 is 0 Å². The maximum Gasteiger partial charge on any atom is 0.430 e. The molecule has 0 amide bonds. The fraction of sp³-hybridized carbons (Fsp3) is 0.419. The Morgan fingerprint density at radius 1 is 0.957 bits per heavy atom. The standard InChI is InChI=1S/C31H35F6N3O6S/c1-4-10-24-17-25(29(30(32,33)34,31(35,36)37)46-20-23-11-6-5-7-12-23)15-16-26(24)38-18-21(2)39(19-22(3)41)47(44,45)28-14-9-8-13-27(28)40(42)43/h5-9,11-17,21-22,38,41H,4,10,18-20H2,1-3H3/t21-,22-/m0/s1. The largest absolute Gasteiger partial charge is 0.430 e. The van der Waals surface area contributed by atoms with Gasteiger partial charge >= 0.3 is 12.4 Å². The van der Waals surface area contributed by atoms with Crippen LogP contribution in [0.4, 0.5) is 37.7 Å². The van der Waals surface area contributed by atoms with Crippen molar-refractivity contribution in [2.75, 3.05) is 18.4 Å². The van der Waals surface area contributed by atoms with Gasteiger partial charge in [-0.05, 0) is 43.5 Å². The van der Waals surface area contributed by atoms with Gasteiger partial charge in [-0.15, -0.1) is 0 Å². The maximum atomic E-state index is 14.5. The fourth-order valence-corrected chi connectivity index (χ4v) is 6.92. The molecule has 0 bridgehead atoms. The number of nitrogens with zero attached hydrogens (tertiary/aromatic N) is 2. The summed E-state index contributed by atoms with van der Waals surface area (Å²) >= 11 is 0. The van der Waals surface area contributed by atoms with Gasteiger partial charge in [-0.2, -0.15) is 30.6 Å². The van der Waals surface area contributed by atoms with Crippen molar-refractivity contribution in [2.24, 2.45) is 0 Å². The molecule has 0 radical (unpaired) electrons. The summed E-state index contributed by atoms with van der Waals surface area (Å²) in [6, 6.07) is 13.3. The van der Waals surface area contributed by atoms with E-state index in [1.54, 1.807) is 13.0 Å². The quantitative estimate of drug-likeness (QED) is 0.100. The highest BCUT2D eigenvalue weighted by molar-refractivity contribution is 7.89. The van der Waals surface area contributed by atoms with Gasteiger partial charge in [0.05, 0.1) is 17.6 Å². The summed E-state index contributed by atoms with van der Waals surface area (Å²) in [5.41, 5.74) is -6.19. The molecule has 0 spiro atoms. The minimum Gasteiger partial charge on any atom is -0.392 e. The predicted octanol–water partition coefficient (Wildman–Crippen LogP) is 6.96. The van der Waals surface area contributed by atoms with Crippen LogP contribution in [0.25, 0.3) is 0 Å². The van der Waals surface area contributed by atoms with Gasteiger partial charge in [-0.1, -0.05) is 67.9 Å². The van der Waals surface area contributed by atoms with Crippen LogP contribution >= 0.6 is 0 Å². The van der Waals surface area contributed by atoms with Gasteiger partial charge in [0.1, 0.15) is 0 Å². The number of alkyl halides is 6. The molecule has 0 heterocycles. The van der Waals surface area contributed by atoms with Crippen LogP contribution < -0.4 is 5.32 Å². The van der Waals surface area contributed by atoms with Gasteiger partial charge in [0.15, 0.2) is 4.90 Å². The lowest BCUT2D eigenvalue weighted by atomic mass is 9.89. The maximum absolute atomic E-state index is 14.5. The van der Waals surface area contributed by atoms with E-state index in [2.05, 4.69) is 5.32 Å². The van der Waals surface area contributed by atoms with Crippen LogP contribution in [-0.4, -0.2) is 60.3 Å². The molecule has 47 heavy (non-hydrogen) atoms. The number of anilines is 1. The lowest BCUT2D eigenvalue weighted by Gasteiger charge is -2.38. The minimum absolute atomic E-state index is 0.0565. The summed E-state index contributed by atoms with van der Waals surface area (Å²) in [6.07, 6.45) is -12.6. The zero-order valence-corrected chi connectivity index (χ0v) is 26.5. The summed E-state index contributed by atoms with van der Waals surface area (Å²) < 4.78 is 120. The number of hydrogen-bond acceptors (Lipinski definition) is 7. The summed E-state index contributed by atoms with van der Waals surface area (Å²) in [7, 11) is -4.56. The minimum atomic E-state index is -5.90. The van der Waals surface area contributed by atoms with Crippen LogP contribution in [0.5, 0.6) is 0 Å². The molecule has 0 aliphatic rings. The number of nitro groups is 1. The number of hydrogen-bond donors (Lipinski definition) is 2. The van der Waals surface area contributed by atoms with Crippen LogP contribution in [0.15, 0.2) is 77.7 Å². The van der Waals surface area contributed by atoms with Crippen molar-refractivity contribution in [3.8, 4) is 0 Å². The van der Waals surface area contributed by atoms with Crippen molar-refractivity contribution in [3.05, 3.63) is 99.6 Å². The van der Waals surface area contributed by atoms with E-state index in [9.17, 15) is 50.0 Å². The number of benzene rings is 3. The first-order valence-electron chi connectivity index (χ1n) is 14.5. The molecule has 0 aliphatic carbocycles. The van der Waals surface area contributed by atoms with Crippen LogP contribution in [0, 0.1) is 10.1 Å². The average molecular weight is 692 g/mol. The van der Waals surface area contributed by atoms with Crippen LogP contribution in [0.1, 0.15) is 43.9 Å². The molecule has 258 valence electrons. The van der Waals surface area contributed by atoms with Crippen molar-refractivity contribution in [3.63, 3.8) is 0 Å². The lowest BCUT2D eigenvalue weighted by Crippen LogP contribution is -2.55. The zero-order chi connectivity index (χ0) is 35.2. The smallest absolute Gasteiger partial charge is 0.392 e. The first kappa shape index (κ1) is 37.7. The number of aryl methyl sites for hydroxylation is 1. The number of halogens is 6. The third-order valence-electron chi connectivity index (χ3n) is 7.30. The molecule has 2 N–H and O–H groups in total. The molecule has 0 saturated carbocycles. The Bertz CT molecular complexity index is 1600. The van der Waals surface area contributed by atoms with E-state index in [0.717, 1.165) is 28.6 Å². The van der Waals surface area contributed by atoms with Crippen molar-refractivity contribution in [2.45, 2.75) is 75.2 Å². The van der Waals surface area contributed by atoms with Crippen molar-refractivity contribution >= 4 is 21.4 Å². The van der Waals surface area contributed by atoms with Crippen molar-refractivity contribution in [1.82, 2.24) is 4.31 Å². The lowest BCUT2D eigenvalue weighted by molar-refractivity contribution is -0.392. The van der Waals surface area contributed by atoms with E-state index in [4.69, 9.17) is 4.74 Å². The number of ether oxygens (including phenoxy) is 1. The second kappa shape index (κ2) is 15.0. The number of nitro benzene ring substituents is 1. The number of aliphatic hydroxyl groups is 1. The molecule has 3 aromatic carbocycles. The SMILES string of the molecule is CCCc1cc(C(OCc2ccccc2)(C(F)(F)F)C(F)(F)F)ccc1NC[C@H](C)N(C[C@H](C)O)S(=O)(=O)c1ccccc1[N+](=O)[O-]. The number of nitrogens with one attached hydrogen (secondary N) is 1. The molecule has 0 aromatic heterocycles. The van der Waals surface area contributed by atoms with Crippen molar-refractivity contribution in [1.29, 1.82) is 0 Å². The first-order chi connectivity index (χ1) is 21.9. The summed E-state index contributed by atoms with van der Waals surface area (Å²) in [5.74, 6) is 0. The van der Waals surface area contributed by atoms with Gasteiger partial charge in [-0.3, -0.25) is 10.1 Å². The molecule has 0 aliphatic heterocycles. The topological polar surface area (TPSA) is 122 Å². The molecule has 9 nitrogen and oxygen atoms in total. The van der Waals surface area contributed by atoms with Gasteiger partial charge in [0.2, 0.25) is 10.0 Å². The summed E-state index contributed by atoms with van der Waals surface area (Å²) in [5, 5.41) is 24.5. The van der Waals surface area contributed by atoms with E-state index < -0.39 is 74.3 Å². The third-order valence-corrected chi connectivity index (χ3v) is 9.33. The van der Waals surface area contributed by atoms with E-state index in [-0.39, 0.29) is 29.8 Å². The van der Waals surface area contributed by atoms with Crippen LogP contribution in [-0.2, 0) is 33.4 Å². The first-order valence-corrected chi connectivity index (χ1v) is 15.9. The number of rotatable bonds is 15. The summed E-state index contributed by atoms with van der Waals surface area (Å²) in [6.45, 7) is 2.76. The van der Waals surface area contributed by atoms with Gasteiger partial charge in [0.25, 0.3) is 11.3 Å². The Hall–Kier alpha value is -3.73. The van der Waals surface area contributed by atoms with E-state index in [1.165, 1.54) is 50.2 Å². The van der Waals surface area contributed by atoms with Crippen molar-refractivity contribution < 1.29 is 49.5 Å². The number of sulfonamides is 1. The number of aliphatic hydroxyl groups excluding tert-OH is 1. The monoisotopic (exact) mass is 691 g/mol. The Morgan fingerprint density at radius 2 is 1.55 bits per heavy atom. The fourth-order valence-electron chi connectivity index (χ4n) is 5.05. The molecule has 0 fully saturated rings. The molecule has 0 unspecified atom stereocenters.